The van der Waals surface area contributed by atoms with Gasteiger partial charge in [-0.2, -0.15) is 0 Å². The molecule has 1 aromatic carbocycles. The first kappa shape index (κ1) is 11.6. The van der Waals surface area contributed by atoms with Crippen molar-refractivity contribution in [3.05, 3.63) is 52.0 Å². The summed E-state index contributed by atoms with van der Waals surface area (Å²) in [5, 5.41) is 1.86. The molecule has 0 unspecified atom stereocenters. The third kappa shape index (κ3) is 2.82. The molecule has 0 spiro atoms. The van der Waals surface area contributed by atoms with Gasteiger partial charge in [0.25, 0.3) is 5.91 Å². The first-order valence-corrected chi connectivity index (χ1v) is 5.91. The van der Waals surface area contributed by atoms with Crippen LogP contribution in [0.2, 0.25) is 0 Å². The van der Waals surface area contributed by atoms with Gasteiger partial charge in [-0.15, -0.1) is 11.3 Å². The van der Waals surface area contributed by atoms with Gasteiger partial charge in [0.05, 0.1) is 10.6 Å². The van der Waals surface area contributed by atoms with Gasteiger partial charge >= 0.3 is 0 Å². The summed E-state index contributed by atoms with van der Waals surface area (Å²) in [5.74, 6) is -0.502. The summed E-state index contributed by atoms with van der Waals surface area (Å²) >= 11 is 1.38. The average Bonchev–Trinajstić information content (AvgIpc) is 2.74. The Morgan fingerprint density at radius 3 is 2.53 bits per heavy atom. The van der Waals surface area contributed by atoms with Crippen LogP contribution in [-0.4, -0.2) is 5.91 Å². The van der Waals surface area contributed by atoms with Crippen molar-refractivity contribution in [3.8, 4) is 0 Å². The second-order valence-corrected chi connectivity index (χ2v) is 4.43. The van der Waals surface area contributed by atoms with E-state index in [4.69, 9.17) is 0 Å². The highest BCUT2D eigenvalue weighted by Gasteiger charge is 2.09. The number of hydrogen-bond donors (Lipinski definition) is 2. The molecular weight excluding hydrogens is 239 g/mol. The normalized spacial score (nSPS) is 10.0. The Morgan fingerprint density at radius 1 is 1.24 bits per heavy atom. The number of anilines is 1. The van der Waals surface area contributed by atoms with Crippen molar-refractivity contribution in [2.24, 2.45) is 0 Å². The van der Waals surface area contributed by atoms with Crippen molar-refractivity contribution in [1.29, 1.82) is 0 Å². The smallest absolute Gasteiger partial charge is 0.279 e. The molecule has 0 bridgehead atoms. The Balaban J connectivity index is 1.97. The van der Waals surface area contributed by atoms with E-state index in [0.717, 1.165) is 5.56 Å². The van der Waals surface area contributed by atoms with Crippen molar-refractivity contribution in [2.45, 2.75) is 6.92 Å². The molecule has 0 aliphatic heterocycles. The summed E-state index contributed by atoms with van der Waals surface area (Å²) in [7, 11) is 0. The van der Waals surface area contributed by atoms with Gasteiger partial charge in [0.1, 0.15) is 5.82 Å². The summed E-state index contributed by atoms with van der Waals surface area (Å²) < 4.78 is 12.6. The zero-order valence-corrected chi connectivity index (χ0v) is 9.98. The van der Waals surface area contributed by atoms with Crippen LogP contribution in [0.15, 0.2) is 35.7 Å². The fourth-order valence-corrected chi connectivity index (χ4v) is 2.14. The van der Waals surface area contributed by atoms with Crippen LogP contribution in [-0.2, 0) is 0 Å². The fraction of sp³-hybridized carbons (Fsp3) is 0.0833. The maximum atomic E-state index is 12.6. The lowest BCUT2D eigenvalue weighted by Crippen LogP contribution is -2.29. The number of benzene rings is 1. The van der Waals surface area contributed by atoms with Gasteiger partial charge in [-0.05, 0) is 48.2 Å². The van der Waals surface area contributed by atoms with E-state index >= 15 is 0 Å². The molecule has 2 rings (SSSR count). The van der Waals surface area contributed by atoms with E-state index in [0.29, 0.717) is 10.6 Å². The van der Waals surface area contributed by atoms with Gasteiger partial charge in [-0.25, -0.2) is 4.39 Å². The first-order valence-electron chi connectivity index (χ1n) is 5.03. The van der Waals surface area contributed by atoms with Gasteiger partial charge in [-0.1, -0.05) is 0 Å². The van der Waals surface area contributed by atoms with E-state index in [1.165, 1.54) is 23.5 Å². The standard InChI is InChI=1S/C12H11FN2OS/c1-8-6-7-17-11(8)12(16)15-14-10-4-2-9(13)3-5-10/h2-7,14H,1H3,(H,15,16). The molecule has 0 atom stereocenters. The second-order valence-electron chi connectivity index (χ2n) is 3.52. The molecule has 1 heterocycles. The predicted octanol–water partition coefficient (Wildman–Crippen LogP) is 2.95. The lowest BCUT2D eigenvalue weighted by Gasteiger charge is -2.07. The maximum Gasteiger partial charge on any atom is 0.279 e. The highest BCUT2D eigenvalue weighted by molar-refractivity contribution is 7.12. The molecule has 1 amide bonds. The van der Waals surface area contributed by atoms with Crippen molar-refractivity contribution in [3.63, 3.8) is 0 Å². The van der Waals surface area contributed by atoms with Crippen LogP contribution in [0.4, 0.5) is 10.1 Å². The molecule has 0 aliphatic rings. The Hall–Kier alpha value is -1.88. The Labute approximate surface area is 102 Å². The molecule has 0 radical (unpaired) electrons. The van der Waals surface area contributed by atoms with Gasteiger partial charge in [-0.3, -0.25) is 15.6 Å². The van der Waals surface area contributed by atoms with Crippen LogP contribution in [0.3, 0.4) is 0 Å². The van der Waals surface area contributed by atoms with Crippen LogP contribution in [0.25, 0.3) is 0 Å². The number of hydrogen-bond acceptors (Lipinski definition) is 3. The molecule has 0 saturated heterocycles. The van der Waals surface area contributed by atoms with Crippen LogP contribution < -0.4 is 10.9 Å². The molecule has 1 aromatic heterocycles. The Bertz CT molecular complexity index is 522. The van der Waals surface area contributed by atoms with Crippen molar-refractivity contribution in [2.75, 3.05) is 5.43 Å². The van der Waals surface area contributed by atoms with Crippen molar-refractivity contribution in [1.82, 2.24) is 5.43 Å². The fourth-order valence-electron chi connectivity index (χ4n) is 1.32. The third-order valence-electron chi connectivity index (χ3n) is 2.23. The van der Waals surface area contributed by atoms with Gasteiger partial charge < -0.3 is 0 Å². The number of aryl methyl sites for hydroxylation is 1. The monoisotopic (exact) mass is 250 g/mol. The molecule has 2 N–H and O–H groups in total. The number of amides is 1. The van der Waals surface area contributed by atoms with Crippen LogP contribution in [0.5, 0.6) is 0 Å². The summed E-state index contributed by atoms with van der Waals surface area (Å²) in [5.41, 5.74) is 6.86. The lowest BCUT2D eigenvalue weighted by atomic mass is 10.3. The Kier molecular flexibility index (Phi) is 3.39. The number of nitrogens with one attached hydrogen (secondary N) is 2. The topological polar surface area (TPSA) is 41.1 Å². The molecule has 5 heteroatoms. The SMILES string of the molecule is Cc1ccsc1C(=O)NNc1ccc(F)cc1. The molecule has 17 heavy (non-hydrogen) atoms. The van der Waals surface area contributed by atoms with Gasteiger partial charge in [0, 0.05) is 0 Å². The van der Waals surface area contributed by atoms with E-state index in [1.54, 1.807) is 12.1 Å². The predicted molar refractivity (Wildman–Crippen MR) is 66.5 cm³/mol. The van der Waals surface area contributed by atoms with Gasteiger partial charge in [0.15, 0.2) is 0 Å². The highest BCUT2D eigenvalue weighted by Crippen LogP contribution is 2.15. The summed E-state index contributed by atoms with van der Waals surface area (Å²) in [4.78, 5) is 12.4. The number of hydrazine groups is 1. The lowest BCUT2D eigenvalue weighted by molar-refractivity contribution is 0.0966. The molecular formula is C12H11FN2OS. The summed E-state index contributed by atoms with van der Waals surface area (Å²) in [6.45, 7) is 1.88. The molecule has 0 aliphatic carbocycles. The third-order valence-corrected chi connectivity index (χ3v) is 3.25. The number of carbonyl (C=O) groups is 1. The van der Waals surface area contributed by atoms with Gasteiger partial charge in [0.2, 0.25) is 0 Å². The maximum absolute atomic E-state index is 12.6. The number of rotatable bonds is 3. The minimum absolute atomic E-state index is 0.193. The highest BCUT2D eigenvalue weighted by atomic mass is 32.1. The molecule has 88 valence electrons. The summed E-state index contributed by atoms with van der Waals surface area (Å²) in [6.07, 6.45) is 0. The van der Waals surface area contributed by atoms with E-state index in [1.807, 2.05) is 18.4 Å². The molecule has 3 nitrogen and oxygen atoms in total. The van der Waals surface area contributed by atoms with Crippen LogP contribution in [0, 0.1) is 12.7 Å². The van der Waals surface area contributed by atoms with E-state index in [-0.39, 0.29) is 11.7 Å². The largest absolute Gasteiger partial charge is 0.298 e. The van der Waals surface area contributed by atoms with E-state index in [2.05, 4.69) is 10.9 Å². The zero-order chi connectivity index (χ0) is 12.3. The second kappa shape index (κ2) is 4.97. The van der Waals surface area contributed by atoms with E-state index < -0.39 is 0 Å². The molecule has 2 aromatic rings. The van der Waals surface area contributed by atoms with Crippen LogP contribution in [0.1, 0.15) is 15.2 Å². The minimum atomic E-state index is -0.309. The van der Waals surface area contributed by atoms with Crippen LogP contribution >= 0.6 is 11.3 Å². The average molecular weight is 250 g/mol. The van der Waals surface area contributed by atoms with Crippen molar-refractivity contribution < 1.29 is 9.18 Å². The first-order chi connectivity index (χ1) is 8.16. The number of halogens is 1. The number of thiophene rings is 1. The van der Waals surface area contributed by atoms with E-state index in [9.17, 15) is 9.18 Å². The summed E-state index contributed by atoms with van der Waals surface area (Å²) in [6, 6.07) is 7.64. The Morgan fingerprint density at radius 2 is 1.94 bits per heavy atom. The quantitative estimate of drug-likeness (QED) is 0.822. The number of carbonyl (C=O) groups excluding carboxylic acids is 1. The van der Waals surface area contributed by atoms with Crippen molar-refractivity contribution >= 4 is 22.9 Å². The molecule has 0 fully saturated rings. The zero-order valence-electron chi connectivity index (χ0n) is 9.16. The minimum Gasteiger partial charge on any atom is -0.298 e. The molecule has 0 saturated carbocycles.